The van der Waals surface area contributed by atoms with Crippen LogP contribution in [0.4, 0.5) is 10.3 Å². The van der Waals surface area contributed by atoms with E-state index in [0.29, 0.717) is 11.3 Å². The normalized spacial score (nSPS) is 11.0. The van der Waals surface area contributed by atoms with Gasteiger partial charge in [-0.2, -0.15) is 0 Å². The van der Waals surface area contributed by atoms with Crippen LogP contribution in [0, 0.1) is 5.82 Å². The Balaban J connectivity index is 2.27. The largest absolute Gasteiger partial charge is 0.367 e. The van der Waals surface area contributed by atoms with Crippen LogP contribution in [0.2, 0.25) is 5.02 Å². The lowest BCUT2D eigenvalue weighted by Crippen LogP contribution is -1.91. The summed E-state index contributed by atoms with van der Waals surface area (Å²) in [6.45, 7) is 0. The molecule has 2 N–H and O–H groups in total. The Labute approximate surface area is 145 Å². The molecule has 0 radical (unpaired) electrons. The van der Waals surface area contributed by atoms with Crippen LogP contribution < -0.4 is 5.73 Å². The highest BCUT2D eigenvalue weighted by molar-refractivity contribution is 9.13. The Morgan fingerprint density at radius 3 is 2.67 bits per heavy atom. The molecular weight excluding hydrogens is 446 g/mol. The molecule has 0 bridgehead atoms. The molecule has 1 aromatic carbocycles. The second kappa shape index (κ2) is 5.72. The molecule has 2 aromatic heterocycles. The Bertz CT molecular complexity index is 794. The summed E-state index contributed by atoms with van der Waals surface area (Å²) in [4.78, 5) is 0.781. The molecule has 0 unspecified atom stereocenters. The number of aromatic nitrogens is 1. The van der Waals surface area contributed by atoms with Crippen LogP contribution in [0.5, 0.6) is 0 Å². The van der Waals surface area contributed by atoms with Gasteiger partial charge in [-0.15, -0.1) is 11.3 Å². The maximum atomic E-state index is 14.1. The zero-order valence-corrected chi connectivity index (χ0v) is 14.9. The fourth-order valence-corrected chi connectivity index (χ4v) is 4.19. The number of hydrogen-bond acceptors (Lipinski definition) is 4. The second-order valence-corrected chi connectivity index (χ2v) is 7.73. The first-order valence-electron chi connectivity index (χ1n) is 5.63. The molecule has 0 amide bonds. The van der Waals surface area contributed by atoms with Crippen molar-refractivity contribution in [1.29, 1.82) is 0 Å². The number of benzene rings is 1. The minimum Gasteiger partial charge on any atom is -0.367 e. The van der Waals surface area contributed by atoms with Gasteiger partial charge in [0.1, 0.15) is 11.5 Å². The van der Waals surface area contributed by atoms with Crippen LogP contribution in [-0.2, 0) is 0 Å². The van der Waals surface area contributed by atoms with E-state index in [0.717, 1.165) is 13.1 Å². The molecule has 0 aliphatic rings. The van der Waals surface area contributed by atoms with Crippen molar-refractivity contribution in [3.8, 4) is 21.7 Å². The minimum atomic E-state index is -0.478. The third-order valence-electron chi connectivity index (χ3n) is 2.81. The fourth-order valence-electron chi connectivity index (χ4n) is 1.91. The highest BCUT2D eigenvalue weighted by atomic mass is 79.9. The topological polar surface area (TPSA) is 52.0 Å². The van der Waals surface area contributed by atoms with Crippen molar-refractivity contribution in [2.75, 3.05) is 5.73 Å². The molecule has 0 saturated carbocycles. The van der Waals surface area contributed by atoms with Crippen molar-refractivity contribution in [3.05, 3.63) is 43.4 Å². The van der Waals surface area contributed by atoms with Gasteiger partial charge in [-0.25, -0.2) is 4.39 Å². The van der Waals surface area contributed by atoms with E-state index >= 15 is 0 Å². The molecule has 21 heavy (non-hydrogen) atoms. The molecule has 108 valence electrons. The first kappa shape index (κ1) is 15.0. The third kappa shape index (κ3) is 2.63. The van der Waals surface area contributed by atoms with Crippen LogP contribution in [0.3, 0.4) is 0 Å². The van der Waals surface area contributed by atoms with Crippen LogP contribution in [0.1, 0.15) is 0 Å². The summed E-state index contributed by atoms with van der Waals surface area (Å²) in [5.74, 6) is -0.453. The van der Waals surface area contributed by atoms with E-state index in [-0.39, 0.29) is 16.5 Å². The quantitative estimate of drug-likeness (QED) is 0.521. The average molecular weight is 453 g/mol. The van der Waals surface area contributed by atoms with Crippen molar-refractivity contribution in [2.24, 2.45) is 0 Å². The fraction of sp³-hybridized carbons (Fsp3) is 0. The lowest BCUT2D eigenvalue weighted by Gasteiger charge is -2.05. The smallest absolute Gasteiger partial charge is 0.230 e. The summed E-state index contributed by atoms with van der Waals surface area (Å²) >= 11 is 14.4. The van der Waals surface area contributed by atoms with Gasteiger partial charge in [-0.05, 0) is 50.1 Å². The molecule has 2 heterocycles. The SMILES string of the molecule is Nc1onc(-c2cc(Br)c(Br)s2)c1-c1c(F)cccc1Cl. The highest BCUT2D eigenvalue weighted by Crippen LogP contribution is 2.45. The molecule has 8 heteroatoms. The monoisotopic (exact) mass is 450 g/mol. The van der Waals surface area contributed by atoms with Crippen molar-refractivity contribution >= 4 is 60.7 Å². The van der Waals surface area contributed by atoms with Gasteiger partial charge >= 0.3 is 0 Å². The molecule has 0 aliphatic heterocycles. The number of nitrogens with two attached hydrogens (primary N) is 1. The molecule has 0 saturated heterocycles. The van der Waals surface area contributed by atoms with Crippen molar-refractivity contribution in [2.45, 2.75) is 0 Å². The Morgan fingerprint density at radius 2 is 2.05 bits per heavy atom. The second-order valence-electron chi connectivity index (χ2n) is 4.10. The molecule has 3 nitrogen and oxygen atoms in total. The standard InChI is InChI=1S/C13H6Br2ClFN2OS/c14-5-4-8(21-12(5)15)11-10(13(18)20-19-11)9-6(16)2-1-3-7(9)17/h1-4H,18H2. The summed E-state index contributed by atoms with van der Waals surface area (Å²) in [7, 11) is 0. The predicted molar refractivity (Wildman–Crippen MR) is 90.0 cm³/mol. The van der Waals surface area contributed by atoms with Gasteiger partial charge in [0.15, 0.2) is 0 Å². The summed E-state index contributed by atoms with van der Waals surface area (Å²) in [6.07, 6.45) is 0. The molecule has 3 aromatic rings. The van der Waals surface area contributed by atoms with E-state index in [1.807, 2.05) is 6.07 Å². The summed E-state index contributed by atoms with van der Waals surface area (Å²) in [5, 5.41) is 4.19. The molecular formula is C13H6Br2ClFN2OS. The number of thiophene rings is 1. The van der Waals surface area contributed by atoms with Gasteiger partial charge in [0.2, 0.25) is 5.88 Å². The lowest BCUT2D eigenvalue weighted by atomic mass is 10.0. The Hall–Kier alpha value is -0.890. The zero-order chi connectivity index (χ0) is 15.1. The van der Waals surface area contributed by atoms with Gasteiger partial charge in [0, 0.05) is 10.0 Å². The third-order valence-corrected chi connectivity index (χ3v) is 6.39. The van der Waals surface area contributed by atoms with Gasteiger partial charge in [-0.3, -0.25) is 0 Å². The summed E-state index contributed by atoms with van der Waals surface area (Å²) in [6, 6.07) is 6.29. The average Bonchev–Trinajstić information content (AvgIpc) is 2.94. The first-order chi connectivity index (χ1) is 9.99. The van der Waals surface area contributed by atoms with Gasteiger partial charge in [0.25, 0.3) is 0 Å². The van der Waals surface area contributed by atoms with E-state index in [9.17, 15) is 4.39 Å². The van der Waals surface area contributed by atoms with Crippen molar-refractivity contribution in [1.82, 2.24) is 5.16 Å². The highest BCUT2D eigenvalue weighted by Gasteiger charge is 2.24. The first-order valence-corrected chi connectivity index (χ1v) is 8.41. The number of rotatable bonds is 2. The van der Waals surface area contributed by atoms with Crippen LogP contribution in [0.25, 0.3) is 21.7 Å². The van der Waals surface area contributed by atoms with Gasteiger partial charge in [-0.1, -0.05) is 22.8 Å². The summed E-state index contributed by atoms with van der Waals surface area (Å²) in [5.41, 5.74) is 6.82. The number of nitrogen functional groups attached to an aromatic ring is 1. The van der Waals surface area contributed by atoms with E-state index in [1.54, 1.807) is 6.07 Å². The lowest BCUT2D eigenvalue weighted by molar-refractivity contribution is 0.439. The van der Waals surface area contributed by atoms with E-state index < -0.39 is 5.82 Å². The molecule has 3 rings (SSSR count). The van der Waals surface area contributed by atoms with Crippen LogP contribution >= 0.6 is 54.8 Å². The molecule has 0 aliphatic carbocycles. The molecule has 0 fully saturated rings. The Morgan fingerprint density at radius 1 is 1.29 bits per heavy atom. The van der Waals surface area contributed by atoms with E-state index in [4.69, 9.17) is 21.9 Å². The Kier molecular flexibility index (Phi) is 4.09. The number of halogens is 4. The van der Waals surface area contributed by atoms with Crippen LogP contribution in [-0.4, -0.2) is 5.16 Å². The maximum Gasteiger partial charge on any atom is 0.230 e. The number of anilines is 1. The predicted octanol–water partition coefficient (Wildman–Crippen LogP) is 5.97. The van der Waals surface area contributed by atoms with Gasteiger partial charge < -0.3 is 10.3 Å². The maximum absolute atomic E-state index is 14.1. The van der Waals surface area contributed by atoms with E-state index in [1.165, 1.54) is 23.5 Å². The zero-order valence-electron chi connectivity index (χ0n) is 10.2. The molecule has 0 spiro atoms. The minimum absolute atomic E-state index is 0.0256. The van der Waals surface area contributed by atoms with Gasteiger partial charge in [0.05, 0.1) is 19.2 Å². The number of nitrogens with zero attached hydrogens (tertiary/aromatic N) is 1. The van der Waals surface area contributed by atoms with E-state index in [2.05, 4.69) is 37.0 Å². The van der Waals surface area contributed by atoms with Crippen LogP contribution in [0.15, 0.2) is 37.0 Å². The van der Waals surface area contributed by atoms with Crippen molar-refractivity contribution < 1.29 is 8.91 Å². The van der Waals surface area contributed by atoms with Crippen molar-refractivity contribution in [3.63, 3.8) is 0 Å². The molecule has 0 atom stereocenters. The summed E-state index contributed by atoms with van der Waals surface area (Å²) < 4.78 is 21.0. The number of hydrogen-bond donors (Lipinski definition) is 1.